The zero-order valence-corrected chi connectivity index (χ0v) is 14.3. The van der Waals surface area contributed by atoms with Gasteiger partial charge in [0.25, 0.3) is 0 Å². The number of nitrogens with one attached hydrogen (secondary N) is 1. The van der Waals surface area contributed by atoms with Gasteiger partial charge in [-0.3, -0.25) is 9.79 Å². The van der Waals surface area contributed by atoms with Gasteiger partial charge in [0.15, 0.2) is 11.5 Å². The summed E-state index contributed by atoms with van der Waals surface area (Å²) in [7, 11) is 3.03. The fourth-order valence-corrected chi connectivity index (χ4v) is 2.96. The van der Waals surface area contributed by atoms with Crippen LogP contribution in [-0.2, 0) is 6.42 Å². The molecule has 0 aliphatic carbocycles. The normalized spacial score (nSPS) is 15.3. The summed E-state index contributed by atoms with van der Waals surface area (Å²) in [5.41, 5.74) is -0.993. The number of benzene rings is 1. The van der Waals surface area contributed by atoms with E-state index in [1.54, 1.807) is 12.1 Å². The van der Waals surface area contributed by atoms with Crippen LogP contribution in [0.25, 0.3) is 0 Å². The number of hydrogen-bond acceptors (Lipinski definition) is 7. The van der Waals surface area contributed by atoms with Gasteiger partial charge in [-0.05, 0) is 38.0 Å². The fourth-order valence-electron chi connectivity index (χ4n) is 2.96. The summed E-state index contributed by atoms with van der Waals surface area (Å²) < 4.78 is 15.3. The molecule has 0 atom stereocenters. The van der Waals surface area contributed by atoms with Gasteiger partial charge in [-0.15, -0.1) is 0 Å². The minimum atomic E-state index is -0.900. The molecule has 1 aromatic heterocycles. The Morgan fingerprint density at radius 1 is 1.20 bits per heavy atom. The van der Waals surface area contributed by atoms with E-state index in [1.165, 1.54) is 14.2 Å². The van der Waals surface area contributed by atoms with Crippen LogP contribution in [0.3, 0.4) is 0 Å². The number of aromatic amines is 1. The second-order valence-electron chi connectivity index (χ2n) is 6.36. The first-order valence-electron chi connectivity index (χ1n) is 7.57. The van der Waals surface area contributed by atoms with Gasteiger partial charge in [-0.2, -0.15) is 5.16 Å². The van der Waals surface area contributed by atoms with Gasteiger partial charge in [0, 0.05) is 5.56 Å². The van der Waals surface area contributed by atoms with Crippen molar-refractivity contribution in [3.63, 3.8) is 0 Å². The van der Waals surface area contributed by atoms with Crippen molar-refractivity contribution in [3.8, 4) is 17.2 Å². The highest BCUT2D eigenvalue weighted by Crippen LogP contribution is 2.37. The molecule has 0 bridgehead atoms. The van der Waals surface area contributed by atoms with Gasteiger partial charge in [0.05, 0.1) is 25.5 Å². The lowest BCUT2D eigenvalue weighted by molar-refractivity contribution is 0.339. The lowest BCUT2D eigenvalue weighted by atomic mass is 9.84. The second-order valence-corrected chi connectivity index (χ2v) is 6.36. The predicted octanol–water partition coefficient (Wildman–Crippen LogP) is 1.22. The topological polar surface area (TPSA) is 114 Å². The summed E-state index contributed by atoms with van der Waals surface area (Å²) in [5.74, 6) is 0.260. The number of nitrogens with zero attached hydrogens (tertiary/aromatic N) is 1. The Bertz CT molecular complexity index is 984. The van der Waals surface area contributed by atoms with Crippen LogP contribution >= 0.6 is 0 Å². The van der Waals surface area contributed by atoms with Gasteiger partial charge in [-0.25, -0.2) is 4.79 Å². The molecule has 0 fully saturated rings. The highest BCUT2D eigenvalue weighted by Gasteiger charge is 2.32. The molecule has 1 aromatic carbocycles. The molecule has 2 N–H and O–H groups in total. The Morgan fingerprint density at radius 2 is 1.84 bits per heavy atom. The minimum absolute atomic E-state index is 0.185. The zero-order chi connectivity index (χ0) is 18.4. The Balaban J connectivity index is 2.36. The highest BCUT2D eigenvalue weighted by atomic mass is 16.5. The average molecular weight is 346 g/mol. The summed E-state index contributed by atoms with van der Waals surface area (Å²) in [6.45, 7) is 3.77. The van der Waals surface area contributed by atoms with Crippen molar-refractivity contribution in [3.05, 3.63) is 49.6 Å². The lowest BCUT2D eigenvalue weighted by Crippen LogP contribution is -2.32. The first-order chi connectivity index (χ1) is 11.8. The van der Waals surface area contributed by atoms with E-state index in [1.807, 2.05) is 19.0 Å². The SMILES string of the molecule is COc1cc2c(cc1OC)C(c1c(O)c(=O)[nH]oc1=O)=NC(C)(C)C2. The molecule has 0 unspecified atom stereocenters. The van der Waals surface area contributed by atoms with E-state index in [9.17, 15) is 14.7 Å². The molecule has 1 aliphatic heterocycles. The summed E-state index contributed by atoms with van der Waals surface area (Å²) in [6, 6.07) is 3.47. The minimum Gasteiger partial charge on any atom is -0.502 e. The maximum absolute atomic E-state index is 12.2. The number of aliphatic imine (C=N–C) groups is 1. The van der Waals surface area contributed by atoms with E-state index >= 15 is 0 Å². The van der Waals surface area contributed by atoms with Crippen molar-refractivity contribution in [2.45, 2.75) is 25.8 Å². The van der Waals surface area contributed by atoms with Crippen LogP contribution in [-0.4, -0.2) is 35.7 Å². The van der Waals surface area contributed by atoms with Crippen LogP contribution in [0.1, 0.15) is 30.5 Å². The van der Waals surface area contributed by atoms with Crippen LogP contribution in [0, 0.1) is 0 Å². The lowest BCUT2D eigenvalue weighted by Gasteiger charge is -2.29. The number of methoxy groups -OCH3 is 2. The van der Waals surface area contributed by atoms with E-state index in [4.69, 9.17) is 9.47 Å². The second kappa shape index (κ2) is 5.80. The molecule has 0 radical (unpaired) electrons. The third-order valence-corrected chi connectivity index (χ3v) is 4.03. The van der Waals surface area contributed by atoms with Crippen LogP contribution in [0.4, 0.5) is 0 Å². The Labute approximate surface area is 142 Å². The maximum Gasteiger partial charge on any atom is 0.369 e. The first-order valence-corrected chi connectivity index (χ1v) is 7.57. The van der Waals surface area contributed by atoms with E-state index in [-0.39, 0.29) is 11.3 Å². The molecule has 0 saturated carbocycles. The first kappa shape index (κ1) is 16.8. The molecule has 1 aliphatic rings. The molecule has 2 heterocycles. The maximum atomic E-state index is 12.2. The van der Waals surface area contributed by atoms with Crippen LogP contribution in [0.2, 0.25) is 0 Å². The Hall–Kier alpha value is -3.03. The third-order valence-electron chi connectivity index (χ3n) is 4.03. The molecule has 3 rings (SSSR count). The summed E-state index contributed by atoms with van der Waals surface area (Å²) in [5, 5.41) is 12.0. The van der Waals surface area contributed by atoms with Crippen molar-refractivity contribution in [2.24, 2.45) is 4.99 Å². The highest BCUT2D eigenvalue weighted by molar-refractivity contribution is 6.16. The molecule has 2 aromatic rings. The summed E-state index contributed by atoms with van der Waals surface area (Å²) in [6.07, 6.45) is 0.585. The van der Waals surface area contributed by atoms with Crippen LogP contribution < -0.4 is 20.7 Å². The fraction of sp³-hybridized carbons (Fsp3) is 0.353. The van der Waals surface area contributed by atoms with Crippen molar-refractivity contribution < 1.29 is 19.1 Å². The zero-order valence-electron chi connectivity index (χ0n) is 14.3. The smallest absolute Gasteiger partial charge is 0.369 e. The monoisotopic (exact) mass is 346 g/mol. The number of rotatable bonds is 3. The Kier molecular flexibility index (Phi) is 3.90. The van der Waals surface area contributed by atoms with Gasteiger partial charge in [0.1, 0.15) is 5.56 Å². The third kappa shape index (κ3) is 2.79. The standard InChI is InChI=1S/C17H18N2O6/c1-17(2)7-8-5-10(23-3)11(24-4)6-9(8)13(18-17)12-14(20)15(21)19-25-16(12)22/h5-6,20H,7H2,1-4H3,(H,19,21). The number of fused-ring (bicyclic) bond motifs is 1. The number of hydrogen-bond donors (Lipinski definition) is 2. The van der Waals surface area contributed by atoms with Crippen molar-refractivity contribution >= 4 is 5.71 Å². The molecule has 0 amide bonds. The quantitative estimate of drug-likeness (QED) is 0.864. The molecule has 0 spiro atoms. The number of aromatic nitrogens is 1. The van der Waals surface area contributed by atoms with Gasteiger partial charge in [0.2, 0.25) is 5.75 Å². The molecule has 25 heavy (non-hydrogen) atoms. The number of ether oxygens (including phenoxy) is 2. The number of aromatic hydroxyl groups is 1. The van der Waals surface area contributed by atoms with Crippen LogP contribution in [0.5, 0.6) is 17.2 Å². The molecule has 0 saturated heterocycles. The summed E-state index contributed by atoms with van der Waals surface area (Å²) >= 11 is 0. The predicted molar refractivity (Wildman–Crippen MR) is 90.2 cm³/mol. The van der Waals surface area contributed by atoms with Gasteiger partial charge in [-0.1, -0.05) is 0 Å². The van der Waals surface area contributed by atoms with Gasteiger partial charge >= 0.3 is 11.2 Å². The number of H-pyrrole nitrogens is 1. The summed E-state index contributed by atoms with van der Waals surface area (Å²) in [4.78, 5) is 28.4. The van der Waals surface area contributed by atoms with Crippen molar-refractivity contribution in [2.75, 3.05) is 14.2 Å². The largest absolute Gasteiger partial charge is 0.502 e. The van der Waals surface area contributed by atoms with E-state index in [0.29, 0.717) is 23.5 Å². The van der Waals surface area contributed by atoms with Gasteiger partial charge < -0.3 is 19.1 Å². The van der Waals surface area contributed by atoms with E-state index in [2.05, 4.69) is 9.52 Å². The molecule has 132 valence electrons. The average Bonchev–Trinajstić information content (AvgIpc) is 2.56. The van der Waals surface area contributed by atoms with Crippen molar-refractivity contribution in [1.82, 2.24) is 5.16 Å². The molecular formula is C17H18N2O6. The van der Waals surface area contributed by atoms with Crippen molar-refractivity contribution in [1.29, 1.82) is 0 Å². The molecule has 8 heteroatoms. The molecular weight excluding hydrogens is 328 g/mol. The van der Waals surface area contributed by atoms with Crippen LogP contribution in [0.15, 0.2) is 31.2 Å². The van der Waals surface area contributed by atoms with E-state index < -0.39 is 22.5 Å². The molecule has 8 nitrogen and oxygen atoms in total. The Morgan fingerprint density at radius 3 is 2.48 bits per heavy atom. The van der Waals surface area contributed by atoms with E-state index in [0.717, 1.165) is 5.56 Å².